The number of hydrogen-bond acceptors (Lipinski definition) is 2. The van der Waals surface area contributed by atoms with Crippen LogP contribution in [-0.2, 0) is 4.79 Å². The summed E-state index contributed by atoms with van der Waals surface area (Å²) in [5.41, 5.74) is 1.37. The van der Waals surface area contributed by atoms with Crippen LogP contribution < -0.4 is 5.32 Å². The highest BCUT2D eigenvalue weighted by Crippen LogP contribution is 2.21. The average molecular weight is 236 g/mol. The average Bonchev–Trinajstić information content (AvgIpc) is 2.27. The normalized spacial score (nSPS) is 20.6. The van der Waals surface area contributed by atoms with Crippen LogP contribution in [0.25, 0.3) is 0 Å². The van der Waals surface area contributed by atoms with Gasteiger partial charge in [-0.2, -0.15) is 0 Å². The highest BCUT2D eigenvalue weighted by Gasteiger charge is 2.27. The summed E-state index contributed by atoms with van der Waals surface area (Å²) in [6.45, 7) is 5.01. The Morgan fingerprint density at radius 2 is 2.29 bits per heavy atom. The van der Waals surface area contributed by atoms with Crippen molar-refractivity contribution in [3.63, 3.8) is 0 Å². The van der Waals surface area contributed by atoms with Crippen molar-refractivity contribution in [2.45, 2.75) is 51.5 Å². The molecule has 96 valence electrons. The van der Waals surface area contributed by atoms with Crippen molar-refractivity contribution in [1.29, 1.82) is 0 Å². The van der Waals surface area contributed by atoms with Crippen molar-refractivity contribution in [2.24, 2.45) is 0 Å². The number of nitrogens with one attached hydrogen (secondary N) is 1. The van der Waals surface area contributed by atoms with E-state index in [2.05, 4.69) is 23.2 Å². The van der Waals surface area contributed by atoms with Crippen LogP contribution in [0.2, 0.25) is 0 Å². The number of carbonyl (C=O) groups excluding carboxylic acids is 1. The van der Waals surface area contributed by atoms with Crippen molar-refractivity contribution in [3.05, 3.63) is 11.6 Å². The van der Waals surface area contributed by atoms with E-state index in [0.717, 1.165) is 32.5 Å². The highest BCUT2D eigenvalue weighted by molar-refractivity contribution is 5.79. The molecular formula is C14H24N2O. The Morgan fingerprint density at radius 1 is 1.47 bits per heavy atom. The fourth-order valence-corrected chi connectivity index (χ4v) is 2.61. The summed E-state index contributed by atoms with van der Waals surface area (Å²) < 4.78 is 0. The molecule has 1 amide bonds. The molecule has 1 heterocycles. The van der Waals surface area contributed by atoms with E-state index in [4.69, 9.17) is 0 Å². The van der Waals surface area contributed by atoms with E-state index >= 15 is 0 Å². The third-order valence-corrected chi connectivity index (χ3v) is 3.75. The van der Waals surface area contributed by atoms with Gasteiger partial charge in [0.1, 0.15) is 0 Å². The zero-order valence-electron chi connectivity index (χ0n) is 10.9. The zero-order chi connectivity index (χ0) is 12.1. The molecule has 0 aromatic rings. The minimum atomic E-state index is 0.339. The van der Waals surface area contributed by atoms with Crippen molar-refractivity contribution in [1.82, 2.24) is 10.2 Å². The molecule has 3 nitrogen and oxygen atoms in total. The van der Waals surface area contributed by atoms with Crippen molar-refractivity contribution < 1.29 is 4.79 Å². The summed E-state index contributed by atoms with van der Waals surface area (Å²) in [5.74, 6) is 0.339. The first-order valence-corrected chi connectivity index (χ1v) is 6.99. The van der Waals surface area contributed by atoms with Gasteiger partial charge >= 0.3 is 0 Å². The molecule has 1 aliphatic heterocycles. The van der Waals surface area contributed by atoms with Gasteiger partial charge in [0.2, 0.25) is 5.91 Å². The smallest absolute Gasteiger partial charge is 0.226 e. The van der Waals surface area contributed by atoms with Gasteiger partial charge in [-0.25, -0.2) is 0 Å². The summed E-state index contributed by atoms with van der Waals surface area (Å²) in [4.78, 5) is 14.4. The van der Waals surface area contributed by atoms with Crippen LogP contribution in [0, 0.1) is 0 Å². The van der Waals surface area contributed by atoms with Crippen LogP contribution in [0.15, 0.2) is 11.6 Å². The van der Waals surface area contributed by atoms with Gasteiger partial charge in [-0.15, -0.1) is 0 Å². The highest BCUT2D eigenvalue weighted by atomic mass is 16.2. The maximum atomic E-state index is 12.3. The number of allylic oxidation sites excluding steroid dienone is 1. The molecule has 0 radical (unpaired) electrons. The number of hydrogen-bond donors (Lipinski definition) is 1. The zero-order valence-corrected chi connectivity index (χ0v) is 10.9. The Morgan fingerprint density at radius 3 is 2.82 bits per heavy atom. The molecule has 1 aliphatic carbocycles. The van der Waals surface area contributed by atoms with Gasteiger partial charge in [-0.3, -0.25) is 4.79 Å². The van der Waals surface area contributed by atoms with Crippen LogP contribution in [0.1, 0.15) is 45.4 Å². The number of carbonyl (C=O) groups is 1. The quantitative estimate of drug-likeness (QED) is 0.741. The Kier molecular flexibility index (Phi) is 4.60. The minimum Gasteiger partial charge on any atom is -0.337 e. The van der Waals surface area contributed by atoms with Crippen molar-refractivity contribution >= 4 is 5.91 Å². The lowest BCUT2D eigenvalue weighted by atomic mass is 9.96. The molecule has 17 heavy (non-hydrogen) atoms. The summed E-state index contributed by atoms with van der Waals surface area (Å²) in [7, 11) is 0. The molecule has 1 N–H and O–H groups in total. The first-order chi connectivity index (χ1) is 8.31. The molecule has 0 bridgehead atoms. The molecule has 0 aromatic heterocycles. The molecule has 3 heteroatoms. The predicted octanol–water partition coefficient (Wildman–Crippen LogP) is 2.09. The van der Waals surface area contributed by atoms with Gasteiger partial charge < -0.3 is 10.2 Å². The van der Waals surface area contributed by atoms with E-state index in [9.17, 15) is 4.79 Å². The van der Waals surface area contributed by atoms with Gasteiger partial charge in [-0.05, 0) is 32.1 Å². The van der Waals surface area contributed by atoms with E-state index in [1.165, 1.54) is 24.8 Å². The largest absolute Gasteiger partial charge is 0.337 e. The lowest BCUT2D eigenvalue weighted by Crippen LogP contribution is -2.59. The van der Waals surface area contributed by atoms with E-state index < -0.39 is 0 Å². The molecular weight excluding hydrogens is 212 g/mol. The molecule has 2 aliphatic rings. The second-order valence-corrected chi connectivity index (χ2v) is 5.18. The van der Waals surface area contributed by atoms with Crippen molar-refractivity contribution in [3.8, 4) is 0 Å². The van der Waals surface area contributed by atoms with Gasteiger partial charge in [-0.1, -0.05) is 18.6 Å². The molecule has 0 unspecified atom stereocenters. The van der Waals surface area contributed by atoms with E-state index in [-0.39, 0.29) is 0 Å². The van der Waals surface area contributed by atoms with Gasteiger partial charge in [0.15, 0.2) is 0 Å². The second kappa shape index (κ2) is 6.20. The SMILES string of the molecule is CCCN(C(=O)CC1=CCCCC1)C1CNC1. The van der Waals surface area contributed by atoms with E-state index in [0.29, 0.717) is 18.4 Å². The molecule has 2 rings (SSSR count). The first kappa shape index (κ1) is 12.6. The van der Waals surface area contributed by atoms with Crippen LogP contribution in [0.4, 0.5) is 0 Å². The van der Waals surface area contributed by atoms with E-state index in [1.807, 2.05) is 0 Å². The maximum Gasteiger partial charge on any atom is 0.226 e. The molecule has 0 atom stereocenters. The maximum absolute atomic E-state index is 12.3. The fraction of sp³-hybridized carbons (Fsp3) is 0.786. The number of nitrogens with zero attached hydrogens (tertiary/aromatic N) is 1. The molecule has 1 fully saturated rings. The molecule has 0 saturated carbocycles. The first-order valence-electron chi connectivity index (χ1n) is 6.99. The Balaban J connectivity index is 1.88. The second-order valence-electron chi connectivity index (χ2n) is 5.18. The third kappa shape index (κ3) is 3.32. The molecule has 0 aromatic carbocycles. The monoisotopic (exact) mass is 236 g/mol. The van der Waals surface area contributed by atoms with Gasteiger partial charge in [0, 0.05) is 26.1 Å². The topological polar surface area (TPSA) is 32.3 Å². The fourth-order valence-electron chi connectivity index (χ4n) is 2.61. The van der Waals surface area contributed by atoms with Gasteiger partial charge in [0.25, 0.3) is 0 Å². The molecule has 0 spiro atoms. The number of amides is 1. The lowest BCUT2D eigenvalue weighted by molar-refractivity contribution is -0.133. The van der Waals surface area contributed by atoms with Crippen LogP contribution in [0.5, 0.6) is 0 Å². The Labute approximate surface area is 104 Å². The Hall–Kier alpha value is -0.830. The van der Waals surface area contributed by atoms with E-state index in [1.54, 1.807) is 0 Å². The number of rotatable bonds is 5. The minimum absolute atomic E-state index is 0.339. The predicted molar refractivity (Wildman–Crippen MR) is 69.8 cm³/mol. The summed E-state index contributed by atoms with van der Waals surface area (Å²) in [6, 6.07) is 0.451. The summed E-state index contributed by atoms with van der Waals surface area (Å²) >= 11 is 0. The van der Waals surface area contributed by atoms with Crippen LogP contribution in [0.3, 0.4) is 0 Å². The van der Waals surface area contributed by atoms with Gasteiger partial charge in [0.05, 0.1) is 6.04 Å². The lowest BCUT2D eigenvalue weighted by Gasteiger charge is -2.38. The van der Waals surface area contributed by atoms with Crippen LogP contribution in [-0.4, -0.2) is 36.5 Å². The summed E-state index contributed by atoms with van der Waals surface area (Å²) in [5, 5.41) is 3.25. The standard InChI is InChI=1S/C14H24N2O/c1-2-8-16(13-10-15-11-13)14(17)9-12-6-4-3-5-7-12/h6,13,15H,2-5,7-11H2,1H3. The Bertz CT molecular complexity index is 295. The summed E-state index contributed by atoms with van der Waals surface area (Å²) in [6.07, 6.45) is 8.86. The van der Waals surface area contributed by atoms with Crippen LogP contribution >= 0.6 is 0 Å². The van der Waals surface area contributed by atoms with Crippen molar-refractivity contribution in [2.75, 3.05) is 19.6 Å². The third-order valence-electron chi connectivity index (χ3n) is 3.75. The molecule has 1 saturated heterocycles.